The first-order valence-corrected chi connectivity index (χ1v) is 3.57. The van der Waals surface area contributed by atoms with E-state index in [9.17, 15) is 9.59 Å². The van der Waals surface area contributed by atoms with E-state index >= 15 is 0 Å². The Morgan fingerprint density at radius 1 is 1.75 bits per heavy atom. The van der Waals surface area contributed by atoms with Crippen molar-refractivity contribution < 1.29 is 14.3 Å². The Labute approximate surface area is 71.8 Å². The van der Waals surface area contributed by atoms with E-state index < -0.39 is 0 Å². The molecule has 0 rings (SSSR count). The van der Waals surface area contributed by atoms with E-state index in [-0.39, 0.29) is 11.9 Å². The molecule has 0 radical (unpaired) electrons. The first kappa shape index (κ1) is 10.7. The summed E-state index contributed by atoms with van der Waals surface area (Å²) in [6.07, 6.45) is 1.99. The molecule has 4 heteroatoms. The normalized spacial score (nSPS) is 11.5. The lowest BCUT2D eigenvalue weighted by Gasteiger charge is -2.15. The summed E-state index contributed by atoms with van der Waals surface area (Å²) in [6.45, 7) is 5.40. The minimum Gasteiger partial charge on any atom is -0.469 e. The van der Waals surface area contributed by atoms with Gasteiger partial charge >= 0.3 is 5.97 Å². The molecule has 12 heavy (non-hydrogen) atoms. The van der Waals surface area contributed by atoms with Crippen molar-refractivity contribution in [3.8, 4) is 0 Å². The number of ether oxygens (including phenoxy) is 1. The third kappa shape index (κ3) is 3.18. The molecule has 1 unspecified atom stereocenters. The van der Waals surface area contributed by atoms with Crippen molar-refractivity contribution in [2.24, 2.45) is 5.92 Å². The Bertz CT molecular complexity index is 171. The van der Waals surface area contributed by atoms with Crippen LogP contribution in [0.3, 0.4) is 0 Å². The standard InChI is InChI=1S/C8H13NO3/c1-4-9(6-10)5-7(2)8(11)12-3/h4,6-7H,1,5H2,2-3H3. The molecule has 0 saturated carbocycles. The number of esters is 1. The van der Waals surface area contributed by atoms with Crippen LogP contribution in [-0.2, 0) is 14.3 Å². The number of carbonyl (C=O) groups is 2. The summed E-state index contributed by atoms with van der Waals surface area (Å²) in [6, 6.07) is 0. The molecule has 0 aromatic carbocycles. The number of methoxy groups -OCH3 is 1. The second-order valence-corrected chi connectivity index (χ2v) is 2.41. The number of rotatable bonds is 5. The third-order valence-electron chi connectivity index (χ3n) is 1.46. The number of amides is 1. The van der Waals surface area contributed by atoms with Gasteiger partial charge in [-0.1, -0.05) is 13.5 Å². The number of carbonyl (C=O) groups excluding carboxylic acids is 2. The molecule has 68 valence electrons. The molecule has 1 atom stereocenters. The Balaban J connectivity index is 3.96. The van der Waals surface area contributed by atoms with Gasteiger partial charge in [0, 0.05) is 6.54 Å². The van der Waals surface area contributed by atoms with Crippen LogP contribution in [0.1, 0.15) is 6.92 Å². The predicted molar refractivity (Wildman–Crippen MR) is 44.1 cm³/mol. The maximum atomic E-state index is 10.9. The van der Waals surface area contributed by atoms with Crippen molar-refractivity contribution in [1.82, 2.24) is 4.90 Å². The molecule has 0 aromatic heterocycles. The fourth-order valence-corrected chi connectivity index (χ4v) is 0.753. The lowest BCUT2D eigenvalue weighted by Crippen LogP contribution is -2.27. The zero-order chi connectivity index (χ0) is 9.56. The van der Waals surface area contributed by atoms with Crippen LogP contribution in [0.25, 0.3) is 0 Å². The number of nitrogens with zero attached hydrogens (tertiary/aromatic N) is 1. The molecule has 0 aliphatic rings. The summed E-state index contributed by atoms with van der Waals surface area (Å²) in [7, 11) is 1.32. The van der Waals surface area contributed by atoms with E-state index in [4.69, 9.17) is 0 Å². The van der Waals surface area contributed by atoms with Crippen LogP contribution in [0.4, 0.5) is 0 Å². The molecule has 0 fully saturated rings. The minimum absolute atomic E-state index is 0.305. The fraction of sp³-hybridized carbons (Fsp3) is 0.500. The first-order chi connectivity index (χ1) is 5.65. The summed E-state index contributed by atoms with van der Waals surface area (Å²) in [5.74, 6) is -0.651. The largest absolute Gasteiger partial charge is 0.469 e. The van der Waals surface area contributed by atoms with Gasteiger partial charge in [0.1, 0.15) is 0 Å². The summed E-state index contributed by atoms with van der Waals surface area (Å²) in [4.78, 5) is 22.5. The molecular formula is C8H13NO3. The molecule has 0 aromatic rings. The van der Waals surface area contributed by atoms with E-state index in [2.05, 4.69) is 11.3 Å². The van der Waals surface area contributed by atoms with Gasteiger partial charge in [0.25, 0.3) is 0 Å². The van der Waals surface area contributed by atoms with Gasteiger partial charge in [-0.2, -0.15) is 0 Å². The lowest BCUT2D eigenvalue weighted by molar-refractivity contribution is -0.145. The maximum absolute atomic E-state index is 10.9. The molecular weight excluding hydrogens is 158 g/mol. The quantitative estimate of drug-likeness (QED) is 0.444. The van der Waals surface area contributed by atoms with Gasteiger partial charge in [0.15, 0.2) is 0 Å². The van der Waals surface area contributed by atoms with Crippen LogP contribution < -0.4 is 0 Å². The average Bonchev–Trinajstić information content (AvgIpc) is 2.12. The van der Waals surface area contributed by atoms with E-state index in [1.807, 2.05) is 0 Å². The predicted octanol–water partition coefficient (Wildman–Crippen LogP) is 0.397. The van der Waals surface area contributed by atoms with Gasteiger partial charge in [-0.3, -0.25) is 9.59 Å². The lowest BCUT2D eigenvalue weighted by atomic mass is 10.2. The molecule has 0 N–H and O–H groups in total. The Kier molecular flexibility index (Phi) is 4.76. The maximum Gasteiger partial charge on any atom is 0.310 e. The molecule has 1 amide bonds. The van der Waals surface area contributed by atoms with Crippen molar-refractivity contribution >= 4 is 12.4 Å². The third-order valence-corrected chi connectivity index (χ3v) is 1.46. The van der Waals surface area contributed by atoms with Crippen LogP contribution in [0, 0.1) is 5.92 Å². The van der Waals surface area contributed by atoms with Gasteiger partial charge in [0.2, 0.25) is 6.41 Å². The molecule has 0 aliphatic carbocycles. The first-order valence-electron chi connectivity index (χ1n) is 3.57. The topological polar surface area (TPSA) is 46.6 Å². The molecule has 0 saturated heterocycles. The van der Waals surface area contributed by atoms with Gasteiger partial charge in [-0.05, 0) is 6.20 Å². The molecule has 0 heterocycles. The molecule has 0 bridgehead atoms. The van der Waals surface area contributed by atoms with Crippen molar-refractivity contribution in [3.05, 3.63) is 12.8 Å². The van der Waals surface area contributed by atoms with Crippen LogP contribution >= 0.6 is 0 Å². The minimum atomic E-state index is -0.330. The Morgan fingerprint density at radius 3 is 2.67 bits per heavy atom. The number of hydrogen-bond acceptors (Lipinski definition) is 3. The van der Waals surface area contributed by atoms with Crippen molar-refractivity contribution in [2.75, 3.05) is 13.7 Å². The summed E-state index contributed by atoms with van der Waals surface area (Å²) < 4.78 is 4.49. The van der Waals surface area contributed by atoms with Crippen LogP contribution in [0.5, 0.6) is 0 Å². The van der Waals surface area contributed by atoms with Gasteiger partial charge in [-0.25, -0.2) is 0 Å². The zero-order valence-electron chi connectivity index (χ0n) is 7.32. The Morgan fingerprint density at radius 2 is 2.33 bits per heavy atom. The van der Waals surface area contributed by atoms with E-state index in [0.717, 1.165) is 0 Å². The van der Waals surface area contributed by atoms with Crippen LogP contribution in [-0.4, -0.2) is 30.9 Å². The van der Waals surface area contributed by atoms with E-state index in [0.29, 0.717) is 13.0 Å². The Hall–Kier alpha value is -1.32. The highest BCUT2D eigenvalue weighted by molar-refractivity contribution is 5.72. The number of hydrogen-bond donors (Lipinski definition) is 0. The van der Waals surface area contributed by atoms with E-state index in [1.54, 1.807) is 6.92 Å². The molecule has 4 nitrogen and oxygen atoms in total. The van der Waals surface area contributed by atoms with Crippen molar-refractivity contribution in [3.63, 3.8) is 0 Å². The molecule has 0 spiro atoms. The average molecular weight is 171 g/mol. The van der Waals surface area contributed by atoms with Gasteiger partial charge in [0.05, 0.1) is 13.0 Å². The second-order valence-electron chi connectivity index (χ2n) is 2.41. The SMILES string of the molecule is C=CN(C=O)CC(C)C(=O)OC. The fourth-order valence-electron chi connectivity index (χ4n) is 0.753. The smallest absolute Gasteiger partial charge is 0.310 e. The highest BCUT2D eigenvalue weighted by atomic mass is 16.5. The zero-order valence-corrected chi connectivity index (χ0v) is 7.32. The second kappa shape index (κ2) is 5.35. The van der Waals surface area contributed by atoms with Crippen molar-refractivity contribution in [2.45, 2.75) is 6.92 Å². The van der Waals surface area contributed by atoms with E-state index in [1.165, 1.54) is 18.2 Å². The van der Waals surface area contributed by atoms with Crippen LogP contribution in [0.2, 0.25) is 0 Å². The summed E-state index contributed by atoms with van der Waals surface area (Å²) in [5, 5.41) is 0. The summed E-state index contributed by atoms with van der Waals surface area (Å²) in [5.41, 5.74) is 0. The highest BCUT2D eigenvalue weighted by Crippen LogP contribution is 2.00. The highest BCUT2D eigenvalue weighted by Gasteiger charge is 2.14. The molecule has 0 aliphatic heterocycles. The monoisotopic (exact) mass is 171 g/mol. The summed E-state index contributed by atoms with van der Waals surface area (Å²) >= 11 is 0. The van der Waals surface area contributed by atoms with Gasteiger partial charge < -0.3 is 9.64 Å². The van der Waals surface area contributed by atoms with Crippen molar-refractivity contribution in [1.29, 1.82) is 0 Å². The van der Waals surface area contributed by atoms with Crippen LogP contribution in [0.15, 0.2) is 12.8 Å². The van der Waals surface area contributed by atoms with Gasteiger partial charge in [-0.15, -0.1) is 0 Å².